The Hall–Kier alpha value is -2.94. The van der Waals surface area contributed by atoms with Crippen LogP contribution in [-0.2, 0) is 0 Å². The van der Waals surface area contributed by atoms with E-state index in [1.807, 2.05) is 53.7 Å². The summed E-state index contributed by atoms with van der Waals surface area (Å²) in [6.07, 6.45) is 0. The molecule has 0 aliphatic rings. The monoisotopic (exact) mass is 376 g/mol. The molecule has 3 rings (SSSR count). The van der Waals surface area contributed by atoms with Crippen molar-refractivity contribution >= 4 is 0 Å². The van der Waals surface area contributed by atoms with Crippen LogP contribution in [-0.4, -0.2) is 15.3 Å². The van der Waals surface area contributed by atoms with Crippen molar-refractivity contribution in [3.8, 4) is 17.2 Å². The molecule has 3 aromatic carbocycles. The van der Waals surface area contributed by atoms with E-state index in [1.165, 1.54) is 0 Å². The van der Waals surface area contributed by atoms with E-state index in [1.54, 1.807) is 12.1 Å². The van der Waals surface area contributed by atoms with E-state index in [9.17, 15) is 15.3 Å². The minimum Gasteiger partial charge on any atom is -0.508 e. The highest BCUT2D eigenvalue weighted by Gasteiger charge is 2.28. The van der Waals surface area contributed by atoms with Gasteiger partial charge in [0, 0.05) is 17.0 Å². The van der Waals surface area contributed by atoms with Gasteiger partial charge in [-0.15, -0.1) is 0 Å². The first kappa shape index (κ1) is 19.8. The predicted octanol–water partition coefficient (Wildman–Crippen LogP) is 5.83. The Morgan fingerprint density at radius 2 is 0.964 bits per heavy atom. The largest absolute Gasteiger partial charge is 0.508 e. The van der Waals surface area contributed by atoms with Crippen LogP contribution in [0, 0.1) is 41.5 Å². The molecule has 3 heteroatoms. The first-order valence-electron chi connectivity index (χ1n) is 9.51. The second kappa shape index (κ2) is 7.23. The van der Waals surface area contributed by atoms with Gasteiger partial charge in [-0.05, 0) is 92.6 Å². The van der Waals surface area contributed by atoms with E-state index in [-0.39, 0.29) is 23.2 Å². The summed E-state index contributed by atoms with van der Waals surface area (Å²) in [7, 11) is 0. The first-order valence-corrected chi connectivity index (χ1v) is 9.51. The van der Waals surface area contributed by atoms with Crippen molar-refractivity contribution in [1.29, 1.82) is 0 Å². The van der Waals surface area contributed by atoms with Crippen molar-refractivity contribution in [3.05, 3.63) is 86.5 Å². The molecule has 0 atom stereocenters. The maximum Gasteiger partial charge on any atom is 0.123 e. The van der Waals surface area contributed by atoms with Crippen LogP contribution in [0.15, 0.2) is 36.4 Å². The zero-order valence-electron chi connectivity index (χ0n) is 17.4. The summed E-state index contributed by atoms with van der Waals surface area (Å²) in [4.78, 5) is 0. The maximum atomic E-state index is 11.1. The maximum absolute atomic E-state index is 11.1. The Kier molecular flexibility index (Phi) is 5.12. The lowest BCUT2D eigenvalue weighted by atomic mass is 9.78. The van der Waals surface area contributed by atoms with Crippen LogP contribution in [0.4, 0.5) is 0 Å². The highest BCUT2D eigenvalue weighted by molar-refractivity contribution is 5.62. The third kappa shape index (κ3) is 3.22. The summed E-state index contributed by atoms with van der Waals surface area (Å²) in [6.45, 7) is 11.8. The molecule has 0 saturated carbocycles. The van der Waals surface area contributed by atoms with Gasteiger partial charge in [-0.25, -0.2) is 0 Å². The van der Waals surface area contributed by atoms with E-state index in [0.717, 1.165) is 50.1 Å². The summed E-state index contributed by atoms with van der Waals surface area (Å²) >= 11 is 0. The Bertz CT molecular complexity index is 983. The van der Waals surface area contributed by atoms with Crippen LogP contribution in [0.2, 0.25) is 0 Å². The number of hydrogen-bond acceptors (Lipinski definition) is 3. The molecule has 0 aliphatic carbocycles. The molecule has 28 heavy (non-hydrogen) atoms. The van der Waals surface area contributed by atoms with Crippen LogP contribution >= 0.6 is 0 Å². The molecule has 0 spiro atoms. The molecule has 0 radical (unpaired) electrons. The molecule has 0 bridgehead atoms. The molecule has 0 saturated heterocycles. The molecule has 0 fully saturated rings. The fourth-order valence-corrected chi connectivity index (χ4v) is 4.05. The van der Waals surface area contributed by atoms with E-state index < -0.39 is 0 Å². The molecule has 0 amide bonds. The second-order valence-corrected chi connectivity index (χ2v) is 7.82. The van der Waals surface area contributed by atoms with Gasteiger partial charge in [0.1, 0.15) is 17.2 Å². The number of rotatable bonds is 3. The number of aromatic hydroxyl groups is 3. The quantitative estimate of drug-likeness (QED) is 0.504. The number of phenolic OH excluding ortho intramolecular Hbond substituents is 3. The summed E-state index contributed by atoms with van der Waals surface area (Å²) in [6, 6.07) is 11.1. The van der Waals surface area contributed by atoms with E-state index in [0.29, 0.717) is 0 Å². The van der Waals surface area contributed by atoms with Gasteiger partial charge in [-0.1, -0.05) is 24.3 Å². The number of benzene rings is 3. The molecule has 3 nitrogen and oxygen atoms in total. The van der Waals surface area contributed by atoms with Crippen molar-refractivity contribution in [3.63, 3.8) is 0 Å². The smallest absolute Gasteiger partial charge is 0.123 e. The Labute approximate surface area is 166 Å². The predicted molar refractivity (Wildman–Crippen MR) is 114 cm³/mol. The highest BCUT2D eigenvalue weighted by Crippen LogP contribution is 2.46. The highest BCUT2D eigenvalue weighted by atomic mass is 16.3. The molecule has 0 unspecified atom stereocenters. The van der Waals surface area contributed by atoms with Gasteiger partial charge in [0.05, 0.1) is 0 Å². The molecular formula is C25H28O3. The van der Waals surface area contributed by atoms with Crippen LogP contribution in [0.5, 0.6) is 17.2 Å². The summed E-state index contributed by atoms with van der Waals surface area (Å²) in [5.74, 6) is 0.351. The Balaban J connectivity index is 2.42. The lowest BCUT2D eigenvalue weighted by Crippen LogP contribution is -2.10. The molecule has 3 N–H and O–H groups in total. The molecular weight excluding hydrogens is 348 g/mol. The fraction of sp³-hybridized carbons (Fsp3) is 0.280. The van der Waals surface area contributed by atoms with Gasteiger partial charge in [-0.2, -0.15) is 0 Å². The Morgan fingerprint density at radius 1 is 0.571 bits per heavy atom. The van der Waals surface area contributed by atoms with E-state index in [4.69, 9.17) is 0 Å². The van der Waals surface area contributed by atoms with Crippen LogP contribution in [0.3, 0.4) is 0 Å². The van der Waals surface area contributed by atoms with Crippen molar-refractivity contribution in [2.24, 2.45) is 0 Å². The summed E-state index contributed by atoms with van der Waals surface area (Å²) in [5.41, 5.74) is 8.16. The second-order valence-electron chi connectivity index (χ2n) is 7.82. The zero-order chi connectivity index (χ0) is 20.7. The standard InChI is InChI=1S/C25H28O3/c1-13-11-15(3)21(24(27)17(13)5)23(19-7-9-20(26)10-8-19)22-16(4)12-14(2)18(6)25(22)28/h7-12,23,26-28H,1-6H3. The number of phenols is 3. The van der Waals surface area contributed by atoms with Gasteiger partial charge in [0.25, 0.3) is 0 Å². The van der Waals surface area contributed by atoms with Crippen LogP contribution < -0.4 is 0 Å². The van der Waals surface area contributed by atoms with E-state index >= 15 is 0 Å². The average molecular weight is 376 g/mol. The Morgan fingerprint density at radius 3 is 1.36 bits per heavy atom. The van der Waals surface area contributed by atoms with E-state index in [2.05, 4.69) is 12.1 Å². The van der Waals surface area contributed by atoms with Crippen LogP contribution in [0.1, 0.15) is 56.0 Å². The molecule has 3 aromatic rings. The SMILES string of the molecule is Cc1cc(C)c(C(c2ccc(O)cc2)c2c(C)cc(C)c(C)c2O)c(O)c1C. The lowest BCUT2D eigenvalue weighted by molar-refractivity contribution is 0.452. The van der Waals surface area contributed by atoms with Gasteiger partial charge >= 0.3 is 0 Å². The third-order valence-electron chi connectivity index (χ3n) is 5.92. The average Bonchev–Trinajstić information content (AvgIpc) is 2.64. The topological polar surface area (TPSA) is 60.7 Å². The lowest BCUT2D eigenvalue weighted by Gasteiger charge is -2.27. The van der Waals surface area contributed by atoms with Crippen LogP contribution in [0.25, 0.3) is 0 Å². The normalized spacial score (nSPS) is 11.2. The van der Waals surface area contributed by atoms with Gasteiger partial charge < -0.3 is 15.3 Å². The van der Waals surface area contributed by atoms with Crippen molar-refractivity contribution in [2.45, 2.75) is 47.5 Å². The molecule has 146 valence electrons. The van der Waals surface area contributed by atoms with Gasteiger partial charge in [0.15, 0.2) is 0 Å². The van der Waals surface area contributed by atoms with Crippen molar-refractivity contribution in [1.82, 2.24) is 0 Å². The van der Waals surface area contributed by atoms with Gasteiger partial charge in [-0.3, -0.25) is 0 Å². The minimum atomic E-state index is -0.348. The van der Waals surface area contributed by atoms with Crippen molar-refractivity contribution < 1.29 is 15.3 Å². The third-order valence-corrected chi connectivity index (χ3v) is 5.92. The molecule has 0 aromatic heterocycles. The number of hydrogen-bond donors (Lipinski definition) is 3. The van der Waals surface area contributed by atoms with Crippen molar-refractivity contribution in [2.75, 3.05) is 0 Å². The van der Waals surface area contributed by atoms with Gasteiger partial charge in [0.2, 0.25) is 0 Å². The summed E-state index contributed by atoms with van der Waals surface area (Å²) in [5, 5.41) is 31.9. The molecule has 0 aliphatic heterocycles. The number of aryl methyl sites for hydroxylation is 4. The fourth-order valence-electron chi connectivity index (χ4n) is 4.05. The summed E-state index contributed by atoms with van der Waals surface area (Å²) < 4.78 is 0. The zero-order valence-corrected chi connectivity index (χ0v) is 17.4. The molecule has 0 heterocycles. The minimum absolute atomic E-state index is 0.185. The first-order chi connectivity index (χ1) is 13.1.